The zero-order chi connectivity index (χ0) is 19.0. The molecule has 1 atom stereocenters. The second-order valence-electron chi connectivity index (χ2n) is 6.49. The maximum absolute atomic E-state index is 14.2. The zero-order valence-electron chi connectivity index (χ0n) is 14.3. The number of rotatable bonds is 5. The minimum absolute atomic E-state index is 0.0414. The molecule has 0 bridgehead atoms. The highest BCUT2D eigenvalue weighted by Gasteiger charge is 2.22. The third-order valence-corrected chi connectivity index (χ3v) is 6.49. The van der Waals surface area contributed by atoms with Crippen molar-refractivity contribution in [2.45, 2.75) is 25.5 Å². The Kier molecular flexibility index (Phi) is 5.29. The Hall–Kier alpha value is -1.77. The van der Waals surface area contributed by atoms with Crippen molar-refractivity contribution < 1.29 is 18.3 Å². The average molecular weight is 455 g/mol. The Morgan fingerprint density at radius 3 is 2.96 bits per heavy atom. The molecule has 1 fully saturated rings. The summed E-state index contributed by atoms with van der Waals surface area (Å²) in [6, 6.07) is 5.29. The van der Waals surface area contributed by atoms with Crippen LogP contribution in [-0.4, -0.2) is 29.7 Å². The van der Waals surface area contributed by atoms with Gasteiger partial charge in [0.25, 0.3) is 5.91 Å². The van der Waals surface area contributed by atoms with Crippen LogP contribution < -0.4 is 5.32 Å². The lowest BCUT2D eigenvalue weighted by atomic mass is 10.2. The third-order valence-electron chi connectivity index (χ3n) is 4.67. The summed E-state index contributed by atoms with van der Waals surface area (Å²) in [5.74, 6) is -1.49. The van der Waals surface area contributed by atoms with Crippen LogP contribution in [-0.2, 0) is 11.3 Å². The molecule has 1 aromatic carbocycles. The molecule has 27 heavy (non-hydrogen) atoms. The van der Waals surface area contributed by atoms with Gasteiger partial charge in [0.2, 0.25) is 0 Å². The lowest BCUT2D eigenvalue weighted by molar-refractivity contribution is 0.0851. The maximum Gasteiger partial charge on any atom is 0.268 e. The van der Waals surface area contributed by atoms with Crippen molar-refractivity contribution in [3.8, 4) is 0 Å². The lowest BCUT2D eigenvalue weighted by Crippen LogP contribution is -2.33. The quantitative estimate of drug-likeness (QED) is 0.606. The fourth-order valence-electron chi connectivity index (χ4n) is 3.31. The zero-order valence-corrected chi connectivity index (χ0v) is 16.7. The SMILES string of the molecule is O=C(NCC1CCCO1)c1cc2scc(Br)c2n1Cc1ccc(F)cc1F. The summed E-state index contributed by atoms with van der Waals surface area (Å²) in [5.41, 5.74) is 1.59. The largest absolute Gasteiger partial charge is 0.376 e. The van der Waals surface area contributed by atoms with Crippen molar-refractivity contribution in [3.63, 3.8) is 0 Å². The molecule has 2 aromatic heterocycles. The van der Waals surface area contributed by atoms with Crippen molar-refractivity contribution in [3.05, 3.63) is 57.0 Å². The first-order valence-corrected chi connectivity index (χ1v) is 10.3. The van der Waals surface area contributed by atoms with Crippen LogP contribution in [0.15, 0.2) is 34.1 Å². The predicted molar refractivity (Wildman–Crippen MR) is 104 cm³/mol. The van der Waals surface area contributed by atoms with Crippen molar-refractivity contribution in [2.75, 3.05) is 13.2 Å². The number of halogens is 3. The number of hydrogen-bond donors (Lipinski definition) is 1. The molecule has 4 nitrogen and oxygen atoms in total. The highest BCUT2D eigenvalue weighted by molar-refractivity contribution is 9.10. The van der Waals surface area contributed by atoms with Gasteiger partial charge < -0.3 is 14.6 Å². The number of benzene rings is 1. The summed E-state index contributed by atoms with van der Waals surface area (Å²) in [6.45, 7) is 1.31. The van der Waals surface area contributed by atoms with Crippen LogP contribution in [0, 0.1) is 11.6 Å². The highest BCUT2D eigenvalue weighted by Crippen LogP contribution is 2.34. The van der Waals surface area contributed by atoms with Gasteiger partial charge >= 0.3 is 0 Å². The Morgan fingerprint density at radius 2 is 2.22 bits per heavy atom. The Morgan fingerprint density at radius 1 is 1.37 bits per heavy atom. The van der Waals surface area contributed by atoms with Crippen molar-refractivity contribution in [2.24, 2.45) is 0 Å². The van der Waals surface area contributed by atoms with E-state index in [9.17, 15) is 13.6 Å². The van der Waals surface area contributed by atoms with Crippen LogP contribution in [0.4, 0.5) is 8.78 Å². The topological polar surface area (TPSA) is 43.3 Å². The molecule has 142 valence electrons. The second-order valence-corrected chi connectivity index (χ2v) is 8.26. The van der Waals surface area contributed by atoms with Crippen LogP contribution >= 0.6 is 27.3 Å². The number of carbonyl (C=O) groups excluding carboxylic acids is 1. The van der Waals surface area contributed by atoms with E-state index < -0.39 is 11.6 Å². The van der Waals surface area contributed by atoms with Gasteiger partial charge in [0.1, 0.15) is 17.3 Å². The van der Waals surface area contributed by atoms with Crippen LogP contribution in [0.2, 0.25) is 0 Å². The molecular weight excluding hydrogens is 438 g/mol. The molecule has 1 N–H and O–H groups in total. The molecule has 0 saturated carbocycles. The van der Waals surface area contributed by atoms with Gasteiger partial charge in [0.05, 0.1) is 27.3 Å². The standard InChI is InChI=1S/C19H17BrF2N2O2S/c20-14-10-27-17-7-16(19(25)23-8-13-2-1-5-26-13)24(18(14)17)9-11-3-4-12(21)6-15(11)22/h3-4,6-7,10,13H,1-2,5,8-9H2,(H,23,25). The number of aromatic nitrogens is 1. The molecular formula is C19H17BrF2N2O2S. The number of thiophene rings is 1. The second kappa shape index (κ2) is 7.69. The molecule has 0 radical (unpaired) electrons. The van der Waals surface area contributed by atoms with E-state index in [-0.39, 0.29) is 18.6 Å². The number of amides is 1. The van der Waals surface area contributed by atoms with Gasteiger partial charge in [-0.1, -0.05) is 6.07 Å². The molecule has 1 unspecified atom stereocenters. The molecule has 1 amide bonds. The molecule has 0 aliphatic carbocycles. The summed E-state index contributed by atoms with van der Waals surface area (Å²) in [5, 5.41) is 4.84. The van der Waals surface area contributed by atoms with Gasteiger partial charge in [0, 0.05) is 30.2 Å². The number of hydrogen-bond acceptors (Lipinski definition) is 3. The average Bonchev–Trinajstić information content (AvgIpc) is 3.35. The van der Waals surface area contributed by atoms with Gasteiger partial charge in [-0.05, 0) is 40.9 Å². The Balaban J connectivity index is 1.65. The molecule has 0 spiro atoms. The highest BCUT2D eigenvalue weighted by atomic mass is 79.9. The molecule has 3 aromatic rings. The summed E-state index contributed by atoms with van der Waals surface area (Å²) in [4.78, 5) is 12.8. The number of nitrogens with one attached hydrogen (secondary N) is 1. The van der Waals surface area contributed by atoms with E-state index in [0.29, 0.717) is 17.8 Å². The number of fused-ring (bicyclic) bond motifs is 1. The Labute approximate surface area is 167 Å². The first kappa shape index (κ1) is 18.6. The minimum atomic E-state index is -0.631. The molecule has 4 rings (SSSR count). The first-order valence-electron chi connectivity index (χ1n) is 8.63. The lowest BCUT2D eigenvalue weighted by Gasteiger charge is -2.14. The smallest absolute Gasteiger partial charge is 0.268 e. The number of ether oxygens (including phenoxy) is 1. The van der Waals surface area contributed by atoms with Gasteiger partial charge in [-0.15, -0.1) is 11.3 Å². The van der Waals surface area contributed by atoms with Gasteiger partial charge in [-0.3, -0.25) is 4.79 Å². The van der Waals surface area contributed by atoms with Crippen LogP contribution in [0.5, 0.6) is 0 Å². The molecule has 3 heterocycles. The van der Waals surface area contributed by atoms with Gasteiger partial charge in [-0.25, -0.2) is 8.78 Å². The van der Waals surface area contributed by atoms with Crippen molar-refractivity contribution >= 4 is 43.4 Å². The van der Waals surface area contributed by atoms with Gasteiger partial charge in [-0.2, -0.15) is 0 Å². The molecule has 1 aliphatic heterocycles. The third kappa shape index (κ3) is 3.79. The van der Waals surface area contributed by atoms with Gasteiger partial charge in [0.15, 0.2) is 0 Å². The number of carbonyl (C=O) groups is 1. The maximum atomic E-state index is 14.2. The van der Waals surface area contributed by atoms with E-state index in [2.05, 4.69) is 21.2 Å². The van der Waals surface area contributed by atoms with Crippen molar-refractivity contribution in [1.29, 1.82) is 0 Å². The monoisotopic (exact) mass is 454 g/mol. The summed E-state index contributed by atoms with van der Waals surface area (Å²) in [7, 11) is 0. The van der Waals surface area contributed by atoms with Crippen LogP contribution in [0.3, 0.4) is 0 Å². The summed E-state index contributed by atoms with van der Waals surface area (Å²) in [6.07, 6.45) is 1.98. The molecule has 8 heteroatoms. The predicted octanol–water partition coefficient (Wildman–Crippen LogP) is 4.70. The van der Waals surface area contributed by atoms with Crippen molar-refractivity contribution in [1.82, 2.24) is 9.88 Å². The first-order chi connectivity index (χ1) is 13.0. The van der Waals surface area contributed by atoms with E-state index in [1.807, 2.05) is 5.38 Å². The normalized spacial score (nSPS) is 16.9. The fourth-order valence-corrected chi connectivity index (χ4v) is 5.00. The summed E-state index contributed by atoms with van der Waals surface area (Å²) >= 11 is 5.00. The van der Waals surface area contributed by atoms with Crippen LogP contribution in [0.1, 0.15) is 28.9 Å². The fraction of sp³-hybridized carbons (Fsp3) is 0.316. The minimum Gasteiger partial charge on any atom is -0.376 e. The number of nitrogens with zero attached hydrogens (tertiary/aromatic N) is 1. The van der Waals surface area contributed by atoms with E-state index in [4.69, 9.17) is 4.74 Å². The van der Waals surface area contributed by atoms with E-state index in [0.717, 1.165) is 40.2 Å². The van der Waals surface area contributed by atoms with E-state index >= 15 is 0 Å². The van der Waals surface area contributed by atoms with Crippen LogP contribution in [0.25, 0.3) is 10.2 Å². The Bertz CT molecular complexity index is 995. The molecule has 1 saturated heterocycles. The summed E-state index contributed by atoms with van der Waals surface area (Å²) < 4.78 is 36.5. The van der Waals surface area contributed by atoms with E-state index in [1.54, 1.807) is 10.6 Å². The van der Waals surface area contributed by atoms with E-state index in [1.165, 1.54) is 23.5 Å². The molecule has 1 aliphatic rings.